The normalized spacial score (nSPS) is 28.1. The number of hydrogen-bond donors (Lipinski definition) is 9. The van der Waals surface area contributed by atoms with Gasteiger partial charge in [-0.2, -0.15) is 9.97 Å². The first-order chi connectivity index (χ1) is 34.7. The fourth-order valence-electron chi connectivity index (χ4n) is 8.18. The highest BCUT2D eigenvalue weighted by molar-refractivity contribution is 7.47. The van der Waals surface area contributed by atoms with Crippen LogP contribution in [0.2, 0.25) is 0 Å². The Balaban J connectivity index is 1.00. The molecule has 3 fully saturated rings. The molecule has 1 amide bonds. The lowest BCUT2D eigenvalue weighted by Crippen LogP contribution is -2.45. The van der Waals surface area contributed by atoms with Crippen LogP contribution in [0.15, 0.2) is 77.1 Å². The number of nitrogens with one attached hydrogen (secondary N) is 1. The van der Waals surface area contributed by atoms with Crippen LogP contribution in [0, 0.1) is 0 Å². The van der Waals surface area contributed by atoms with Gasteiger partial charge in [0.2, 0.25) is 5.91 Å². The predicted octanol–water partition coefficient (Wildman–Crippen LogP) is -2.06. The molecular weight excluding hydrogens is 1010 g/mol. The predicted molar refractivity (Wildman–Crippen MR) is 245 cm³/mol. The van der Waals surface area contributed by atoms with Crippen LogP contribution < -0.4 is 33.9 Å². The van der Waals surface area contributed by atoms with Gasteiger partial charge in [-0.1, -0.05) is 37.3 Å². The zero-order chi connectivity index (χ0) is 52.4. The van der Waals surface area contributed by atoms with E-state index in [0.717, 1.165) is 27.6 Å². The van der Waals surface area contributed by atoms with Gasteiger partial charge in [-0.3, -0.25) is 36.6 Å². The molecule has 3 aliphatic heterocycles. The molecule has 33 heteroatoms. The maximum absolute atomic E-state index is 13.9. The van der Waals surface area contributed by atoms with Gasteiger partial charge in [0.05, 0.1) is 26.1 Å². The number of nitrogens with zero attached hydrogens (tertiary/aromatic N) is 8. The lowest BCUT2D eigenvalue weighted by atomic mass is 10.1. The summed E-state index contributed by atoms with van der Waals surface area (Å²) < 4.78 is 75.1. The van der Waals surface area contributed by atoms with E-state index in [1.54, 1.807) is 37.3 Å². The first kappa shape index (κ1) is 53.2. The fourth-order valence-corrected chi connectivity index (χ4v) is 10.1. The molecule has 8 rings (SSSR count). The molecule has 0 aliphatic carbocycles. The van der Waals surface area contributed by atoms with Crippen LogP contribution in [0.25, 0.3) is 11.2 Å². The summed E-state index contributed by atoms with van der Waals surface area (Å²) in [5.41, 5.74) is 16.3. The van der Waals surface area contributed by atoms with Crippen molar-refractivity contribution in [2.45, 2.75) is 99.7 Å². The van der Waals surface area contributed by atoms with Crippen molar-refractivity contribution in [2.24, 2.45) is 0 Å². The number of phosphoric ester groups is 2. The Hall–Kier alpha value is -6.15. The van der Waals surface area contributed by atoms with Crippen molar-refractivity contribution in [3.05, 3.63) is 94.0 Å². The summed E-state index contributed by atoms with van der Waals surface area (Å²) in [4.78, 5) is 93.6. The van der Waals surface area contributed by atoms with Crippen LogP contribution in [0.4, 0.5) is 17.5 Å². The summed E-state index contributed by atoms with van der Waals surface area (Å²) in [6.45, 7) is -1.27. The van der Waals surface area contributed by atoms with Gasteiger partial charge in [0.15, 0.2) is 23.9 Å². The Bertz CT molecular complexity index is 3010. The highest BCUT2D eigenvalue weighted by atomic mass is 31.2. The number of aliphatic hydroxyl groups is 3. The average Bonchev–Trinajstić information content (AvgIpc) is 4.11. The van der Waals surface area contributed by atoms with Crippen molar-refractivity contribution in [3.8, 4) is 0 Å². The molecular formula is C40H50N12O19P2. The average molecular weight is 1060 g/mol. The number of carbonyl (C=O) groups excluding carboxylic acids is 2. The largest absolute Gasteiger partial charge is 0.472 e. The number of amides is 1. The van der Waals surface area contributed by atoms with E-state index in [1.165, 1.54) is 23.3 Å². The van der Waals surface area contributed by atoms with Gasteiger partial charge in [-0.15, -0.1) is 0 Å². The van der Waals surface area contributed by atoms with E-state index < -0.39 is 132 Å². The number of ether oxygens (including phenoxy) is 4. The highest BCUT2D eigenvalue weighted by Crippen LogP contribution is 2.52. The molecule has 5 aromatic rings. The van der Waals surface area contributed by atoms with Gasteiger partial charge in [-0.25, -0.2) is 38.5 Å². The second-order valence-electron chi connectivity index (χ2n) is 16.6. The van der Waals surface area contributed by atoms with Crippen LogP contribution in [-0.4, -0.2) is 150 Å². The summed E-state index contributed by atoms with van der Waals surface area (Å²) >= 11 is 0. The molecule has 73 heavy (non-hydrogen) atoms. The summed E-state index contributed by atoms with van der Waals surface area (Å²) in [6.07, 6.45) is -13.5. The molecule has 1 aromatic carbocycles. The summed E-state index contributed by atoms with van der Waals surface area (Å²) in [5, 5.41) is 35.2. The Morgan fingerprint density at radius 3 is 1.96 bits per heavy atom. The van der Waals surface area contributed by atoms with E-state index in [-0.39, 0.29) is 47.9 Å². The zero-order valence-corrected chi connectivity index (χ0v) is 40.0. The third-order valence-electron chi connectivity index (χ3n) is 11.7. The van der Waals surface area contributed by atoms with Crippen LogP contribution in [0.3, 0.4) is 0 Å². The second kappa shape index (κ2) is 22.1. The standard InChI is InChI=1S/C40H50N12O19P2/c1-2-27(54)47-20(12-19-6-4-3-5-7-19)38(57)69-21-13-28(52-18-46-29-34(43)44-17-45-35(29)52)66-23(21)15-64-72(60,61)71-33-24(68-37(31(33)56)51-11-9-26(42)49-40(51)59)16-65-73(62,63)70-32-22(14-53)67-36(30(32)55)50-10-8-25(41)48-39(50)58/h3-11,17-18,20-24,28,30-33,36-37,53,55-56H,2,12-16H2,1H3,(H,47,54)(H,60,61)(H,62,63)(H2,41,48,58)(H2,42,49,59)(H2,43,44,45)/t20-,21-,22+,23+,24+,28+,30+,31+,32+,33+,36+,37+/m0/s1. The monoisotopic (exact) mass is 1060 g/mol. The molecule has 0 spiro atoms. The number of rotatable bonds is 20. The molecule has 2 unspecified atom stereocenters. The Morgan fingerprint density at radius 1 is 0.808 bits per heavy atom. The van der Waals surface area contributed by atoms with Crippen LogP contribution in [0.5, 0.6) is 0 Å². The number of hydrogen-bond acceptors (Lipinski definition) is 25. The minimum absolute atomic E-state index is 0.0329. The van der Waals surface area contributed by atoms with E-state index in [1.807, 2.05) is 0 Å². The van der Waals surface area contributed by atoms with Crippen molar-refractivity contribution < 1.29 is 80.9 Å². The molecule has 14 atom stereocenters. The number of aromatic nitrogens is 8. The number of phosphoric acid groups is 2. The smallest absolute Gasteiger partial charge is 0.458 e. The number of nitrogens with two attached hydrogens (primary N) is 3. The van der Waals surface area contributed by atoms with E-state index in [0.29, 0.717) is 5.56 Å². The molecule has 0 saturated carbocycles. The highest BCUT2D eigenvalue weighted by Gasteiger charge is 2.53. The maximum Gasteiger partial charge on any atom is 0.472 e. The second-order valence-corrected chi connectivity index (χ2v) is 19.4. The first-order valence-electron chi connectivity index (χ1n) is 22.2. The van der Waals surface area contributed by atoms with Crippen molar-refractivity contribution in [1.29, 1.82) is 0 Å². The lowest BCUT2D eigenvalue weighted by molar-refractivity contribution is -0.156. The summed E-state index contributed by atoms with van der Waals surface area (Å²) in [7, 11) is -10.9. The quantitative estimate of drug-likeness (QED) is 0.0299. The SMILES string of the molecule is CCC(=O)N[C@@H](Cc1ccccc1)C(=O)O[C@H]1C[C@H](n2cnc3c(N)ncnc32)O[C@@H]1COP(=O)(O)O[C@H]1[C@@H](O)[C@H](n2ccc(N)nc2=O)O[C@@H]1COP(=O)(O)O[C@H]1[C@@H](O)[C@H](n2ccc(N)nc2=O)O[C@@H]1CO. The number of nitrogen functional groups attached to an aromatic ring is 3. The van der Waals surface area contributed by atoms with Gasteiger partial charge in [0.25, 0.3) is 0 Å². The van der Waals surface area contributed by atoms with Crippen molar-refractivity contribution in [1.82, 2.24) is 43.9 Å². The van der Waals surface area contributed by atoms with Gasteiger partial charge in [0.1, 0.15) is 84.6 Å². The molecule has 3 aliphatic rings. The number of carbonyl (C=O) groups is 2. The molecule has 12 N–H and O–H groups in total. The lowest BCUT2D eigenvalue weighted by Gasteiger charge is -2.26. The summed E-state index contributed by atoms with van der Waals surface area (Å²) in [5.74, 6) is -1.66. The van der Waals surface area contributed by atoms with Crippen LogP contribution >= 0.6 is 15.6 Å². The minimum atomic E-state index is -5.47. The minimum Gasteiger partial charge on any atom is -0.458 e. The van der Waals surface area contributed by atoms with Gasteiger partial charge in [0, 0.05) is 31.7 Å². The van der Waals surface area contributed by atoms with E-state index >= 15 is 0 Å². The Kier molecular flexibility index (Phi) is 16.1. The molecule has 31 nitrogen and oxygen atoms in total. The van der Waals surface area contributed by atoms with Gasteiger partial charge >= 0.3 is 33.0 Å². The van der Waals surface area contributed by atoms with Crippen LogP contribution in [-0.2, 0) is 62.2 Å². The van der Waals surface area contributed by atoms with Gasteiger partial charge < -0.3 is 66.6 Å². The number of imidazole rings is 1. The molecule has 7 heterocycles. The molecule has 0 bridgehead atoms. The molecule has 394 valence electrons. The van der Waals surface area contributed by atoms with E-state index in [9.17, 15) is 53.4 Å². The van der Waals surface area contributed by atoms with Crippen LogP contribution in [0.1, 0.15) is 44.0 Å². The number of anilines is 3. The third kappa shape index (κ3) is 12.1. The number of aliphatic hydroxyl groups excluding tert-OH is 3. The Labute approximate surface area is 411 Å². The van der Waals surface area contributed by atoms with Crippen molar-refractivity contribution in [2.75, 3.05) is 37.0 Å². The number of fused-ring (bicyclic) bond motifs is 1. The zero-order valence-electron chi connectivity index (χ0n) is 38.2. The fraction of sp³-hybridized carbons (Fsp3) is 0.475. The molecule has 4 aromatic heterocycles. The van der Waals surface area contributed by atoms with Gasteiger partial charge in [-0.05, 0) is 17.7 Å². The van der Waals surface area contributed by atoms with Crippen molar-refractivity contribution >= 4 is 56.1 Å². The van der Waals surface area contributed by atoms with E-state index in [2.05, 4.69) is 30.2 Å². The number of benzene rings is 1. The first-order valence-corrected chi connectivity index (χ1v) is 25.1. The number of esters is 1. The van der Waals surface area contributed by atoms with Crippen molar-refractivity contribution in [3.63, 3.8) is 0 Å². The summed E-state index contributed by atoms with van der Waals surface area (Å²) in [6, 6.07) is 9.95. The molecule has 3 saturated heterocycles. The third-order valence-corrected chi connectivity index (χ3v) is 13.7. The maximum atomic E-state index is 13.9. The topological polar surface area (TPSA) is 447 Å². The van der Waals surface area contributed by atoms with E-state index in [4.69, 9.17) is 54.2 Å². The Morgan fingerprint density at radius 2 is 1.38 bits per heavy atom. The molecule has 0 radical (unpaired) electrons.